The summed E-state index contributed by atoms with van der Waals surface area (Å²) in [5, 5.41) is 9.15. The van der Waals surface area contributed by atoms with Crippen molar-refractivity contribution < 1.29 is 14.7 Å². The summed E-state index contributed by atoms with van der Waals surface area (Å²) in [6.45, 7) is 1.71. The van der Waals surface area contributed by atoms with Crippen LogP contribution in [0.3, 0.4) is 0 Å². The zero-order chi connectivity index (χ0) is 14.7. The zero-order valence-electron chi connectivity index (χ0n) is 10.6. The molecule has 2 rings (SSSR count). The minimum atomic E-state index is -1.05. The van der Waals surface area contributed by atoms with Crippen molar-refractivity contribution in [2.75, 3.05) is 0 Å². The number of aliphatic carboxylic acids is 1. The van der Waals surface area contributed by atoms with E-state index >= 15 is 0 Å². The Bertz CT molecular complexity index is 587. The molecular formula is C13H12N2O3S2. The van der Waals surface area contributed by atoms with Crippen molar-refractivity contribution >= 4 is 46.3 Å². The molecule has 1 atom stereocenters. The van der Waals surface area contributed by atoms with Gasteiger partial charge in [0.25, 0.3) is 5.91 Å². The topological polar surface area (TPSA) is 70.5 Å². The molecule has 0 bridgehead atoms. The molecule has 20 heavy (non-hydrogen) atoms. The summed E-state index contributed by atoms with van der Waals surface area (Å²) in [7, 11) is 0. The molecule has 1 aromatic heterocycles. The first-order valence-electron chi connectivity index (χ1n) is 5.94. The SMILES string of the molecule is CC[C@H](C(=O)O)N1C(=O)/C(=C/c2ccncc2)SC1=S. The molecule has 1 amide bonds. The Hall–Kier alpha value is -1.73. The highest BCUT2D eigenvalue weighted by Gasteiger charge is 2.39. The normalized spacial score (nSPS) is 18.6. The summed E-state index contributed by atoms with van der Waals surface area (Å²) in [5.74, 6) is -1.40. The van der Waals surface area contributed by atoms with Gasteiger partial charge in [0.15, 0.2) is 0 Å². The van der Waals surface area contributed by atoms with E-state index in [9.17, 15) is 9.59 Å². The van der Waals surface area contributed by atoms with Gasteiger partial charge < -0.3 is 5.11 Å². The van der Waals surface area contributed by atoms with Crippen LogP contribution in [0.15, 0.2) is 29.4 Å². The fraction of sp³-hybridized carbons (Fsp3) is 0.231. The number of carbonyl (C=O) groups excluding carboxylic acids is 1. The molecule has 104 valence electrons. The van der Waals surface area contributed by atoms with Crippen LogP contribution in [0.4, 0.5) is 0 Å². The molecule has 1 aliphatic heterocycles. The highest BCUT2D eigenvalue weighted by molar-refractivity contribution is 8.26. The first-order chi connectivity index (χ1) is 9.54. The molecule has 0 aromatic carbocycles. The lowest BCUT2D eigenvalue weighted by molar-refractivity contribution is -0.145. The molecule has 1 fully saturated rings. The van der Waals surface area contributed by atoms with Crippen LogP contribution in [0.25, 0.3) is 6.08 Å². The third-order valence-corrected chi connectivity index (χ3v) is 4.14. The van der Waals surface area contributed by atoms with Gasteiger partial charge in [0, 0.05) is 12.4 Å². The maximum absolute atomic E-state index is 12.3. The van der Waals surface area contributed by atoms with Gasteiger partial charge in [-0.2, -0.15) is 0 Å². The van der Waals surface area contributed by atoms with E-state index in [1.165, 1.54) is 4.90 Å². The molecule has 0 aliphatic carbocycles. The second-order valence-electron chi connectivity index (χ2n) is 4.09. The quantitative estimate of drug-likeness (QED) is 0.679. The average Bonchev–Trinajstić information content (AvgIpc) is 2.68. The fourth-order valence-electron chi connectivity index (χ4n) is 1.83. The first kappa shape index (κ1) is 14.7. The maximum atomic E-state index is 12.3. The van der Waals surface area contributed by atoms with Gasteiger partial charge in [-0.3, -0.25) is 14.7 Å². The number of hydrogen-bond donors (Lipinski definition) is 1. The molecule has 1 N–H and O–H groups in total. The van der Waals surface area contributed by atoms with Crippen LogP contribution in [-0.2, 0) is 9.59 Å². The minimum Gasteiger partial charge on any atom is -0.480 e. The molecule has 2 heterocycles. The molecule has 0 saturated carbocycles. The van der Waals surface area contributed by atoms with Gasteiger partial charge in [0.2, 0.25) is 0 Å². The number of amides is 1. The van der Waals surface area contributed by atoms with Crippen LogP contribution in [0.5, 0.6) is 0 Å². The summed E-state index contributed by atoms with van der Waals surface area (Å²) in [5.41, 5.74) is 0.823. The zero-order valence-corrected chi connectivity index (χ0v) is 12.3. The Morgan fingerprint density at radius 1 is 1.55 bits per heavy atom. The minimum absolute atomic E-state index is 0.282. The maximum Gasteiger partial charge on any atom is 0.326 e. The smallest absolute Gasteiger partial charge is 0.326 e. The number of nitrogens with zero attached hydrogens (tertiary/aromatic N) is 2. The van der Waals surface area contributed by atoms with E-state index in [1.54, 1.807) is 37.5 Å². The molecule has 1 aromatic rings. The molecule has 1 aliphatic rings. The lowest BCUT2D eigenvalue weighted by Gasteiger charge is -2.21. The summed E-state index contributed by atoms with van der Waals surface area (Å²) in [6.07, 6.45) is 5.25. The molecular weight excluding hydrogens is 296 g/mol. The van der Waals surface area contributed by atoms with Crippen molar-refractivity contribution in [3.63, 3.8) is 0 Å². The van der Waals surface area contributed by atoms with Crippen LogP contribution in [0.1, 0.15) is 18.9 Å². The lowest BCUT2D eigenvalue weighted by Crippen LogP contribution is -2.43. The monoisotopic (exact) mass is 308 g/mol. The number of hydrogen-bond acceptors (Lipinski definition) is 5. The van der Waals surface area contributed by atoms with Gasteiger partial charge in [-0.05, 0) is 30.2 Å². The molecule has 1 saturated heterocycles. The highest BCUT2D eigenvalue weighted by Crippen LogP contribution is 2.34. The van der Waals surface area contributed by atoms with Gasteiger partial charge in [-0.15, -0.1) is 0 Å². The van der Waals surface area contributed by atoms with Crippen LogP contribution in [0.2, 0.25) is 0 Å². The van der Waals surface area contributed by atoms with E-state index in [-0.39, 0.29) is 10.2 Å². The van der Waals surface area contributed by atoms with Gasteiger partial charge in [-0.25, -0.2) is 4.79 Å². The van der Waals surface area contributed by atoms with Gasteiger partial charge in [0.05, 0.1) is 4.91 Å². The summed E-state index contributed by atoms with van der Waals surface area (Å²) in [4.78, 5) is 29.0. The van der Waals surface area contributed by atoms with E-state index in [4.69, 9.17) is 17.3 Å². The molecule has 7 heteroatoms. The van der Waals surface area contributed by atoms with E-state index in [0.717, 1.165) is 17.3 Å². The van der Waals surface area contributed by atoms with Crippen molar-refractivity contribution in [3.05, 3.63) is 35.0 Å². The average molecular weight is 308 g/mol. The number of thiocarbonyl (C=S) groups is 1. The molecule has 0 radical (unpaired) electrons. The van der Waals surface area contributed by atoms with E-state index in [0.29, 0.717) is 11.3 Å². The van der Waals surface area contributed by atoms with Crippen LogP contribution in [0, 0.1) is 0 Å². The summed E-state index contributed by atoms with van der Waals surface area (Å²) < 4.78 is 0.282. The van der Waals surface area contributed by atoms with Crippen molar-refractivity contribution in [1.29, 1.82) is 0 Å². The molecule has 5 nitrogen and oxygen atoms in total. The Balaban J connectivity index is 2.29. The van der Waals surface area contributed by atoms with Gasteiger partial charge in [0.1, 0.15) is 10.4 Å². The largest absolute Gasteiger partial charge is 0.480 e. The molecule has 0 spiro atoms. The number of rotatable bonds is 4. The van der Waals surface area contributed by atoms with Crippen molar-refractivity contribution in [2.24, 2.45) is 0 Å². The Labute approximate surface area is 125 Å². The predicted molar refractivity (Wildman–Crippen MR) is 81.0 cm³/mol. The Kier molecular flexibility index (Phi) is 4.51. The predicted octanol–water partition coefficient (Wildman–Crippen LogP) is 2.15. The summed E-state index contributed by atoms with van der Waals surface area (Å²) in [6, 6.07) is 2.62. The number of carbonyl (C=O) groups is 2. The molecule has 0 unspecified atom stereocenters. The van der Waals surface area contributed by atoms with Gasteiger partial charge in [-0.1, -0.05) is 30.9 Å². The number of carboxylic acid groups (broad SMARTS) is 1. The van der Waals surface area contributed by atoms with Crippen molar-refractivity contribution in [2.45, 2.75) is 19.4 Å². The van der Waals surface area contributed by atoms with Gasteiger partial charge >= 0.3 is 5.97 Å². The van der Waals surface area contributed by atoms with Crippen LogP contribution >= 0.6 is 24.0 Å². The van der Waals surface area contributed by atoms with Crippen molar-refractivity contribution in [3.8, 4) is 0 Å². The fourth-order valence-corrected chi connectivity index (χ4v) is 3.18. The number of aromatic nitrogens is 1. The Morgan fingerprint density at radius 2 is 2.20 bits per heavy atom. The number of carboxylic acids is 1. The number of thioether (sulfide) groups is 1. The van der Waals surface area contributed by atoms with E-state index in [2.05, 4.69) is 4.98 Å². The highest BCUT2D eigenvalue weighted by atomic mass is 32.2. The van der Waals surface area contributed by atoms with E-state index in [1.807, 2.05) is 0 Å². The lowest BCUT2D eigenvalue weighted by atomic mass is 10.2. The standard InChI is InChI=1S/C13H12N2O3S2/c1-2-9(12(17)18)15-11(16)10(20-13(15)19)7-8-3-5-14-6-4-8/h3-7,9H,2H2,1H3,(H,17,18)/b10-7-/t9-/m1/s1. The van der Waals surface area contributed by atoms with Crippen LogP contribution in [-0.4, -0.2) is 37.2 Å². The van der Waals surface area contributed by atoms with Crippen LogP contribution < -0.4 is 0 Å². The third-order valence-electron chi connectivity index (χ3n) is 2.81. The number of pyridine rings is 1. The first-order valence-corrected chi connectivity index (χ1v) is 7.17. The second-order valence-corrected chi connectivity index (χ2v) is 5.77. The third kappa shape index (κ3) is 2.88. The van der Waals surface area contributed by atoms with E-state index < -0.39 is 12.0 Å². The second kappa shape index (κ2) is 6.15. The van der Waals surface area contributed by atoms with Crippen molar-refractivity contribution in [1.82, 2.24) is 9.88 Å². The Morgan fingerprint density at radius 3 is 2.75 bits per heavy atom. The summed E-state index contributed by atoms with van der Waals surface area (Å²) >= 11 is 6.25.